The van der Waals surface area contributed by atoms with Crippen LogP contribution in [0.4, 0.5) is 0 Å². The summed E-state index contributed by atoms with van der Waals surface area (Å²) in [6, 6.07) is 7.91. The number of nitrogens with zero attached hydrogens (tertiary/aromatic N) is 3. The van der Waals surface area contributed by atoms with Crippen LogP contribution in [-0.4, -0.2) is 25.8 Å². The Labute approximate surface area is 103 Å². The van der Waals surface area contributed by atoms with Crippen LogP contribution in [0.15, 0.2) is 43.1 Å². The average molecular weight is 241 g/mol. The zero-order valence-corrected chi connectivity index (χ0v) is 9.50. The third-order valence-electron chi connectivity index (χ3n) is 2.66. The summed E-state index contributed by atoms with van der Waals surface area (Å²) in [7, 11) is 0. The van der Waals surface area contributed by atoms with Crippen molar-refractivity contribution in [2.75, 3.05) is 5.43 Å². The number of carbonyl (C=O) groups excluding carboxylic acids is 1. The number of nitrogens with one attached hydrogen (secondary N) is 2. The summed E-state index contributed by atoms with van der Waals surface area (Å²) in [5.74, 6) is -0.110. The van der Waals surface area contributed by atoms with Gasteiger partial charge in [-0.25, -0.2) is 4.68 Å². The summed E-state index contributed by atoms with van der Waals surface area (Å²) in [6.45, 7) is 0. The molecule has 3 rings (SSSR count). The molecule has 0 spiro atoms. The van der Waals surface area contributed by atoms with Gasteiger partial charge in [-0.3, -0.25) is 10.2 Å². The van der Waals surface area contributed by atoms with Gasteiger partial charge in [-0.2, -0.15) is 0 Å². The predicted octanol–water partition coefficient (Wildman–Crippen LogP) is 1.07. The largest absolute Gasteiger partial charge is 0.361 e. The molecule has 0 atom stereocenters. The van der Waals surface area contributed by atoms with Crippen LogP contribution in [0.3, 0.4) is 0 Å². The molecule has 0 aliphatic carbocycles. The van der Waals surface area contributed by atoms with E-state index in [0.717, 1.165) is 16.5 Å². The summed E-state index contributed by atoms with van der Waals surface area (Å²) < 4.78 is 1.43. The van der Waals surface area contributed by atoms with E-state index in [-0.39, 0.29) is 5.91 Å². The number of rotatable bonds is 3. The first-order chi connectivity index (χ1) is 8.81. The zero-order chi connectivity index (χ0) is 12.4. The summed E-state index contributed by atoms with van der Waals surface area (Å²) in [6.07, 6.45) is 5.07. The van der Waals surface area contributed by atoms with E-state index in [1.54, 1.807) is 0 Å². The number of benzene rings is 1. The van der Waals surface area contributed by atoms with E-state index in [1.807, 2.05) is 30.5 Å². The Bertz CT molecular complexity index is 671. The fourth-order valence-corrected chi connectivity index (χ4v) is 1.83. The molecule has 2 heterocycles. The van der Waals surface area contributed by atoms with Crippen molar-refractivity contribution in [2.45, 2.75) is 6.42 Å². The fourth-order valence-electron chi connectivity index (χ4n) is 1.83. The molecule has 0 bridgehead atoms. The maximum absolute atomic E-state index is 11.8. The van der Waals surface area contributed by atoms with Crippen molar-refractivity contribution in [1.82, 2.24) is 19.9 Å². The molecular formula is C12H11N5O. The van der Waals surface area contributed by atoms with Crippen molar-refractivity contribution < 1.29 is 4.79 Å². The van der Waals surface area contributed by atoms with Gasteiger partial charge < -0.3 is 4.98 Å². The number of amides is 1. The highest BCUT2D eigenvalue weighted by Crippen LogP contribution is 2.14. The minimum Gasteiger partial charge on any atom is -0.361 e. The molecule has 0 fully saturated rings. The highest BCUT2D eigenvalue weighted by atomic mass is 16.2. The monoisotopic (exact) mass is 241 g/mol. The molecule has 0 saturated carbocycles. The van der Waals surface area contributed by atoms with Crippen LogP contribution in [0.5, 0.6) is 0 Å². The van der Waals surface area contributed by atoms with E-state index >= 15 is 0 Å². The van der Waals surface area contributed by atoms with Gasteiger partial charge in [0.25, 0.3) is 0 Å². The SMILES string of the molecule is O=C(Cc1ccc2cc[nH]c2c1)Nn1cnnc1. The quantitative estimate of drug-likeness (QED) is 0.720. The highest BCUT2D eigenvalue weighted by molar-refractivity contribution is 5.87. The lowest BCUT2D eigenvalue weighted by Crippen LogP contribution is -2.23. The minimum atomic E-state index is -0.110. The molecule has 6 nitrogen and oxygen atoms in total. The van der Waals surface area contributed by atoms with E-state index in [9.17, 15) is 4.79 Å². The lowest BCUT2D eigenvalue weighted by atomic mass is 10.1. The average Bonchev–Trinajstić information content (AvgIpc) is 2.98. The van der Waals surface area contributed by atoms with Gasteiger partial charge in [-0.05, 0) is 23.1 Å². The molecule has 2 aromatic heterocycles. The molecule has 1 aromatic carbocycles. The Morgan fingerprint density at radius 2 is 2.11 bits per heavy atom. The molecule has 0 aliphatic rings. The number of hydrogen-bond acceptors (Lipinski definition) is 3. The molecule has 6 heteroatoms. The van der Waals surface area contributed by atoms with Crippen LogP contribution in [-0.2, 0) is 11.2 Å². The maximum atomic E-state index is 11.8. The van der Waals surface area contributed by atoms with Crippen LogP contribution < -0.4 is 5.43 Å². The smallest absolute Gasteiger partial charge is 0.243 e. The van der Waals surface area contributed by atoms with Crippen LogP contribution in [0.25, 0.3) is 10.9 Å². The number of fused-ring (bicyclic) bond motifs is 1. The first-order valence-electron chi connectivity index (χ1n) is 5.52. The van der Waals surface area contributed by atoms with E-state index in [1.165, 1.54) is 17.3 Å². The van der Waals surface area contributed by atoms with Crippen molar-refractivity contribution in [2.24, 2.45) is 0 Å². The van der Waals surface area contributed by atoms with Crippen LogP contribution in [0, 0.1) is 0 Å². The van der Waals surface area contributed by atoms with Gasteiger partial charge in [0, 0.05) is 11.7 Å². The van der Waals surface area contributed by atoms with E-state index in [4.69, 9.17) is 0 Å². The second-order valence-electron chi connectivity index (χ2n) is 3.98. The lowest BCUT2D eigenvalue weighted by molar-refractivity contribution is -0.116. The summed E-state index contributed by atoms with van der Waals surface area (Å²) in [4.78, 5) is 14.9. The summed E-state index contributed by atoms with van der Waals surface area (Å²) in [5, 5.41) is 8.36. The molecular weight excluding hydrogens is 230 g/mol. The standard InChI is InChI=1S/C12H11N5O/c18-12(16-17-7-14-15-8-17)6-9-1-2-10-3-4-13-11(10)5-9/h1-5,7-8,13H,6H2,(H,16,18). The van der Waals surface area contributed by atoms with Crippen LogP contribution >= 0.6 is 0 Å². The molecule has 0 saturated heterocycles. The van der Waals surface area contributed by atoms with Crippen LogP contribution in [0.1, 0.15) is 5.56 Å². The van der Waals surface area contributed by atoms with Gasteiger partial charge in [0.2, 0.25) is 5.91 Å². The highest BCUT2D eigenvalue weighted by Gasteiger charge is 2.05. The maximum Gasteiger partial charge on any atom is 0.243 e. The van der Waals surface area contributed by atoms with Gasteiger partial charge >= 0.3 is 0 Å². The van der Waals surface area contributed by atoms with Gasteiger partial charge in [0.05, 0.1) is 6.42 Å². The Morgan fingerprint density at radius 1 is 1.28 bits per heavy atom. The second-order valence-corrected chi connectivity index (χ2v) is 3.98. The Balaban J connectivity index is 1.73. The third kappa shape index (κ3) is 2.08. The molecule has 1 amide bonds. The van der Waals surface area contributed by atoms with Crippen molar-refractivity contribution in [3.05, 3.63) is 48.7 Å². The van der Waals surface area contributed by atoms with Crippen molar-refractivity contribution in [3.63, 3.8) is 0 Å². The second kappa shape index (κ2) is 4.33. The number of aromatic nitrogens is 4. The minimum absolute atomic E-state index is 0.110. The van der Waals surface area contributed by atoms with E-state index in [2.05, 4.69) is 20.6 Å². The Kier molecular flexibility index (Phi) is 2.53. The molecule has 3 aromatic rings. The molecule has 0 radical (unpaired) electrons. The summed E-state index contributed by atoms with van der Waals surface area (Å²) in [5.41, 5.74) is 4.64. The first kappa shape index (κ1) is 10.5. The number of carbonyl (C=O) groups is 1. The normalized spacial score (nSPS) is 10.7. The van der Waals surface area contributed by atoms with Crippen molar-refractivity contribution >= 4 is 16.8 Å². The van der Waals surface area contributed by atoms with Gasteiger partial charge in [0.15, 0.2) is 0 Å². The number of hydrogen-bond donors (Lipinski definition) is 2. The lowest BCUT2D eigenvalue weighted by Gasteiger charge is -2.04. The zero-order valence-electron chi connectivity index (χ0n) is 9.50. The molecule has 90 valence electrons. The number of aromatic amines is 1. The number of H-pyrrole nitrogens is 1. The predicted molar refractivity (Wildman–Crippen MR) is 66.4 cm³/mol. The molecule has 18 heavy (non-hydrogen) atoms. The third-order valence-corrected chi connectivity index (χ3v) is 2.66. The van der Waals surface area contributed by atoms with Gasteiger partial charge in [0.1, 0.15) is 12.7 Å². The van der Waals surface area contributed by atoms with Crippen molar-refractivity contribution in [3.8, 4) is 0 Å². The first-order valence-corrected chi connectivity index (χ1v) is 5.52. The van der Waals surface area contributed by atoms with E-state index in [0.29, 0.717) is 6.42 Å². The fraction of sp³-hybridized carbons (Fsp3) is 0.0833. The Hall–Kier alpha value is -2.63. The van der Waals surface area contributed by atoms with Crippen molar-refractivity contribution in [1.29, 1.82) is 0 Å². The summed E-state index contributed by atoms with van der Waals surface area (Å²) >= 11 is 0. The van der Waals surface area contributed by atoms with E-state index < -0.39 is 0 Å². The van der Waals surface area contributed by atoms with Gasteiger partial charge in [-0.15, -0.1) is 10.2 Å². The van der Waals surface area contributed by atoms with Gasteiger partial charge in [-0.1, -0.05) is 12.1 Å². The molecule has 0 aliphatic heterocycles. The van der Waals surface area contributed by atoms with Crippen LogP contribution in [0.2, 0.25) is 0 Å². The molecule has 2 N–H and O–H groups in total. The Morgan fingerprint density at radius 3 is 2.94 bits per heavy atom. The topological polar surface area (TPSA) is 75.6 Å². The molecule has 0 unspecified atom stereocenters.